The highest BCUT2D eigenvalue weighted by molar-refractivity contribution is 7.17. The van der Waals surface area contributed by atoms with Gasteiger partial charge in [0.2, 0.25) is 11.9 Å². The molecule has 2 aliphatic heterocycles. The number of nitrogens with zero attached hydrogens (tertiary/aromatic N) is 4. The largest absolute Gasteiger partial charge is 0.379 e. The van der Waals surface area contributed by atoms with Gasteiger partial charge < -0.3 is 26.0 Å². The van der Waals surface area contributed by atoms with E-state index in [1.807, 2.05) is 23.6 Å². The number of thiophene rings is 1. The molecule has 210 valence electrons. The fraction of sp³-hybridized carbons (Fsp3) is 0.483. The van der Waals surface area contributed by atoms with Gasteiger partial charge in [-0.05, 0) is 67.2 Å². The molecule has 3 fully saturated rings. The number of halogens is 1. The molecule has 4 N–H and O–H groups in total. The van der Waals surface area contributed by atoms with Gasteiger partial charge in [-0.15, -0.1) is 11.3 Å². The topological polar surface area (TPSA) is 109 Å². The van der Waals surface area contributed by atoms with Crippen molar-refractivity contribution in [1.82, 2.24) is 14.9 Å². The first kappa shape index (κ1) is 25.7. The minimum atomic E-state index is -0.288. The van der Waals surface area contributed by atoms with Gasteiger partial charge in [0.1, 0.15) is 11.6 Å². The number of hydrogen-bond donors (Lipinski definition) is 3. The Morgan fingerprint density at radius 1 is 1.10 bits per heavy atom. The maximum absolute atomic E-state index is 15.6. The predicted octanol–water partition coefficient (Wildman–Crippen LogP) is 4.31. The van der Waals surface area contributed by atoms with E-state index in [9.17, 15) is 4.79 Å². The second-order valence-electron chi connectivity index (χ2n) is 11.2. The van der Waals surface area contributed by atoms with Gasteiger partial charge in [-0.3, -0.25) is 9.69 Å². The number of nitrogens with one attached hydrogen (secondary N) is 2. The number of morpholine rings is 1. The molecule has 7 rings (SSSR count). The van der Waals surface area contributed by atoms with Crippen molar-refractivity contribution >= 4 is 50.6 Å². The molecule has 2 bridgehead atoms. The molecule has 5 atom stereocenters. The lowest BCUT2D eigenvalue weighted by atomic mass is 9.88. The number of benzene rings is 1. The molecule has 2 aromatic heterocycles. The van der Waals surface area contributed by atoms with Crippen LogP contribution in [0.15, 0.2) is 41.8 Å². The van der Waals surface area contributed by atoms with E-state index in [0.29, 0.717) is 23.1 Å². The van der Waals surface area contributed by atoms with Gasteiger partial charge in [-0.2, -0.15) is 4.98 Å². The minimum Gasteiger partial charge on any atom is -0.379 e. The van der Waals surface area contributed by atoms with E-state index in [2.05, 4.69) is 37.6 Å². The Balaban J connectivity index is 1.13. The summed E-state index contributed by atoms with van der Waals surface area (Å²) < 4.78 is 22.1. The second-order valence-corrected chi connectivity index (χ2v) is 12.1. The van der Waals surface area contributed by atoms with Crippen molar-refractivity contribution in [3.63, 3.8) is 0 Å². The average Bonchev–Trinajstić information content (AvgIpc) is 3.71. The summed E-state index contributed by atoms with van der Waals surface area (Å²) in [5.41, 5.74) is 7.78. The molecule has 5 unspecified atom stereocenters. The van der Waals surface area contributed by atoms with Gasteiger partial charge in [0.15, 0.2) is 0 Å². The minimum absolute atomic E-state index is 0.110. The molecule has 9 nitrogen and oxygen atoms in total. The third-order valence-corrected chi connectivity index (χ3v) is 9.76. The Morgan fingerprint density at radius 2 is 1.95 bits per heavy atom. The summed E-state index contributed by atoms with van der Waals surface area (Å²) in [6.45, 7) is 4.04. The molecule has 11 heteroatoms. The van der Waals surface area contributed by atoms with Crippen molar-refractivity contribution in [3.05, 3.63) is 47.6 Å². The van der Waals surface area contributed by atoms with Crippen molar-refractivity contribution in [2.45, 2.75) is 37.9 Å². The van der Waals surface area contributed by atoms with Gasteiger partial charge in [-0.25, -0.2) is 9.37 Å². The number of carbonyl (C=O) groups excluding carboxylic acids is 1. The summed E-state index contributed by atoms with van der Waals surface area (Å²) in [5.74, 6) is 0.623. The number of piperidine rings is 1. The van der Waals surface area contributed by atoms with Crippen LogP contribution in [0.1, 0.15) is 25.7 Å². The lowest BCUT2D eigenvalue weighted by Gasteiger charge is -2.45. The van der Waals surface area contributed by atoms with Crippen LogP contribution in [0.3, 0.4) is 0 Å². The van der Waals surface area contributed by atoms with Crippen LogP contribution in [0.25, 0.3) is 10.2 Å². The fourth-order valence-electron chi connectivity index (χ4n) is 6.98. The highest BCUT2D eigenvalue weighted by atomic mass is 32.1. The molecule has 40 heavy (non-hydrogen) atoms. The smallest absolute Gasteiger partial charge is 0.229 e. The first-order chi connectivity index (χ1) is 19.5. The lowest BCUT2D eigenvalue weighted by molar-refractivity contribution is -0.122. The fourth-order valence-corrected chi connectivity index (χ4v) is 7.76. The standard InChI is InChI=1S/C29H34FN7O2S/c30-20-16-19(6-7-22(20)37-9-2-1-3-23(37)36-10-12-39-13-11-36)32-29-33-21-8-14-40-26(21)28(35-29)34-25-18-5-4-17(15-18)24(25)27(31)38/h4-8,14,16-18,23-25H,1-3,9-13,15H2,(H2,31,38)(H2,32,33,34,35). The van der Waals surface area contributed by atoms with Crippen LogP contribution >= 0.6 is 11.3 Å². The summed E-state index contributed by atoms with van der Waals surface area (Å²) in [5, 5.41) is 8.72. The van der Waals surface area contributed by atoms with Crippen molar-refractivity contribution < 1.29 is 13.9 Å². The van der Waals surface area contributed by atoms with Crippen LogP contribution in [-0.2, 0) is 9.53 Å². The van der Waals surface area contributed by atoms with Crippen LogP contribution in [0.2, 0.25) is 0 Å². The number of rotatable bonds is 7. The van der Waals surface area contributed by atoms with Crippen molar-refractivity contribution in [3.8, 4) is 0 Å². The number of fused-ring (bicyclic) bond motifs is 3. The number of aromatic nitrogens is 2. The van der Waals surface area contributed by atoms with Crippen molar-refractivity contribution in [2.24, 2.45) is 23.5 Å². The van der Waals surface area contributed by atoms with Crippen LogP contribution in [0.4, 0.5) is 27.5 Å². The number of ether oxygens (including phenoxy) is 1. The first-order valence-electron chi connectivity index (χ1n) is 14.2. The van der Waals surface area contributed by atoms with E-state index in [1.165, 1.54) is 6.07 Å². The van der Waals surface area contributed by atoms with Crippen LogP contribution in [0.5, 0.6) is 0 Å². The zero-order valence-electron chi connectivity index (χ0n) is 22.3. The van der Waals surface area contributed by atoms with Gasteiger partial charge in [0.05, 0.1) is 41.2 Å². The van der Waals surface area contributed by atoms with Crippen LogP contribution in [0, 0.1) is 23.6 Å². The molecule has 2 saturated heterocycles. The highest BCUT2D eigenvalue weighted by Gasteiger charge is 2.47. The summed E-state index contributed by atoms with van der Waals surface area (Å²) in [6.07, 6.45) is 8.62. The highest BCUT2D eigenvalue weighted by Crippen LogP contribution is 2.45. The Bertz CT molecular complexity index is 1440. The quantitative estimate of drug-likeness (QED) is 0.365. The molecule has 4 heterocycles. The molecule has 0 spiro atoms. The predicted molar refractivity (Wildman–Crippen MR) is 155 cm³/mol. The molecule has 1 aromatic carbocycles. The number of primary amides is 1. The number of allylic oxidation sites excluding steroid dienone is 1. The number of amides is 1. The maximum atomic E-state index is 15.6. The van der Waals surface area contributed by atoms with Gasteiger partial charge in [0.25, 0.3) is 0 Å². The number of hydrogen-bond acceptors (Lipinski definition) is 9. The summed E-state index contributed by atoms with van der Waals surface area (Å²) in [7, 11) is 0. The number of carbonyl (C=O) groups is 1. The maximum Gasteiger partial charge on any atom is 0.229 e. The molecule has 1 amide bonds. The molecule has 1 saturated carbocycles. The Hall–Kier alpha value is -3.28. The SMILES string of the molecule is NC(=O)C1C2C=CC(C2)C1Nc1nc(Nc2ccc(N3CCCCC3N3CCOCC3)c(F)c2)nc2ccsc12. The summed E-state index contributed by atoms with van der Waals surface area (Å²) in [4.78, 5) is 26.3. The zero-order chi connectivity index (χ0) is 27.2. The van der Waals surface area contributed by atoms with Gasteiger partial charge in [-0.1, -0.05) is 12.2 Å². The van der Waals surface area contributed by atoms with Crippen molar-refractivity contribution in [1.29, 1.82) is 0 Å². The Labute approximate surface area is 236 Å². The van der Waals surface area contributed by atoms with E-state index in [-0.39, 0.29) is 41.7 Å². The monoisotopic (exact) mass is 563 g/mol. The first-order valence-corrected chi connectivity index (χ1v) is 15.1. The van der Waals surface area contributed by atoms with Crippen LogP contribution < -0.4 is 21.3 Å². The molecular formula is C29H34FN7O2S. The third-order valence-electron chi connectivity index (χ3n) is 8.85. The molecule has 0 radical (unpaired) electrons. The van der Waals surface area contributed by atoms with Crippen LogP contribution in [-0.4, -0.2) is 65.8 Å². The van der Waals surface area contributed by atoms with E-state index in [4.69, 9.17) is 15.5 Å². The molecule has 3 aromatic rings. The van der Waals surface area contributed by atoms with Gasteiger partial charge >= 0.3 is 0 Å². The summed E-state index contributed by atoms with van der Waals surface area (Å²) >= 11 is 1.55. The van der Waals surface area contributed by atoms with E-state index in [1.54, 1.807) is 11.3 Å². The van der Waals surface area contributed by atoms with E-state index < -0.39 is 0 Å². The molecule has 4 aliphatic rings. The molecular weight excluding hydrogens is 529 g/mol. The van der Waals surface area contributed by atoms with E-state index >= 15 is 4.39 Å². The second kappa shape index (κ2) is 10.6. The lowest BCUT2D eigenvalue weighted by Crippen LogP contribution is -2.54. The average molecular weight is 564 g/mol. The van der Waals surface area contributed by atoms with Gasteiger partial charge in [0, 0.05) is 31.4 Å². The number of nitrogens with two attached hydrogens (primary N) is 1. The normalized spacial score (nSPS) is 28.3. The van der Waals surface area contributed by atoms with Crippen molar-refractivity contribution in [2.75, 3.05) is 48.4 Å². The Morgan fingerprint density at radius 3 is 2.77 bits per heavy atom. The number of anilines is 4. The van der Waals surface area contributed by atoms with E-state index in [0.717, 1.165) is 68.7 Å². The zero-order valence-corrected chi connectivity index (χ0v) is 23.1. The Kier molecular flexibility index (Phi) is 6.81. The summed E-state index contributed by atoms with van der Waals surface area (Å²) in [6, 6.07) is 7.11. The molecule has 2 aliphatic carbocycles. The third kappa shape index (κ3) is 4.69.